The van der Waals surface area contributed by atoms with E-state index in [0.29, 0.717) is 16.7 Å². The molecule has 1 aromatic carbocycles. The van der Waals surface area contributed by atoms with Gasteiger partial charge in [0.05, 0.1) is 5.02 Å². The number of benzene rings is 1. The maximum Gasteiger partial charge on any atom is 0.249 e. The quantitative estimate of drug-likeness (QED) is 0.741. The van der Waals surface area contributed by atoms with Crippen molar-refractivity contribution in [3.8, 4) is 0 Å². The van der Waals surface area contributed by atoms with E-state index in [2.05, 4.69) is 15.2 Å². The SMILES string of the molecule is CCn1ccnc1N=Nc1ccccc1Cl. The van der Waals surface area contributed by atoms with E-state index >= 15 is 0 Å². The Bertz CT molecular complexity index is 504. The Morgan fingerprint density at radius 3 is 2.88 bits per heavy atom. The van der Waals surface area contributed by atoms with E-state index in [1.54, 1.807) is 12.3 Å². The molecule has 0 atom stereocenters. The van der Waals surface area contributed by atoms with Crippen molar-refractivity contribution in [2.45, 2.75) is 13.5 Å². The number of hydrogen-bond acceptors (Lipinski definition) is 3. The highest BCUT2D eigenvalue weighted by Gasteiger charge is 1.99. The molecule has 0 N–H and O–H groups in total. The third-order valence-electron chi connectivity index (χ3n) is 2.13. The zero-order chi connectivity index (χ0) is 11.4. The lowest BCUT2D eigenvalue weighted by atomic mass is 10.3. The summed E-state index contributed by atoms with van der Waals surface area (Å²) in [4.78, 5) is 4.09. The monoisotopic (exact) mass is 234 g/mol. The number of rotatable bonds is 3. The summed E-state index contributed by atoms with van der Waals surface area (Å²) < 4.78 is 1.90. The molecule has 5 heteroatoms. The molecule has 0 spiro atoms. The number of hydrogen-bond donors (Lipinski definition) is 0. The average Bonchev–Trinajstić information content (AvgIpc) is 2.75. The molecule has 1 aromatic heterocycles. The fourth-order valence-electron chi connectivity index (χ4n) is 1.28. The first-order valence-electron chi connectivity index (χ1n) is 4.98. The van der Waals surface area contributed by atoms with Crippen LogP contribution in [0.25, 0.3) is 0 Å². The number of halogens is 1. The zero-order valence-corrected chi connectivity index (χ0v) is 9.59. The fraction of sp³-hybridized carbons (Fsp3) is 0.182. The lowest BCUT2D eigenvalue weighted by Gasteiger charge is -1.98. The Kier molecular flexibility index (Phi) is 3.31. The maximum atomic E-state index is 5.96. The predicted molar refractivity (Wildman–Crippen MR) is 63.5 cm³/mol. The highest BCUT2D eigenvalue weighted by molar-refractivity contribution is 6.32. The van der Waals surface area contributed by atoms with Gasteiger partial charge in [0, 0.05) is 18.9 Å². The lowest BCUT2D eigenvalue weighted by Crippen LogP contribution is -1.89. The second-order valence-corrected chi connectivity index (χ2v) is 3.57. The standard InChI is InChI=1S/C11H11ClN4/c1-2-16-8-7-13-11(16)15-14-10-6-4-3-5-9(10)12/h3-8H,2H2,1H3. The molecule has 2 aromatic rings. The summed E-state index contributed by atoms with van der Waals surface area (Å²) in [5.41, 5.74) is 0.648. The number of aromatic nitrogens is 2. The van der Waals surface area contributed by atoms with Crippen molar-refractivity contribution >= 4 is 23.2 Å². The maximum absolute atomic E-state index is 5.96. The molecule has 82 valence electrons. The minimum absolute atomic E-state index is 0.584. The summed E-state index contributed by atoms with van der Waals surface area (Å²) in [6.45, 7) is 2.84. The molecule has 0 saturated heterocycles. The van der Waals surface area contributed by atoms with Gasteiger partial charge in [-0.25, -0.2) is 4.98 Å². The van der Waals surface area contributed by atoms with Gasteiger partial charge >= 0.3 is 0 Å². The molecule has 16 heavy (non-hydrogen) atoms. The van der Waals surface area contributed by atoms with Crippen LogP contribution in [-0.2, 0) is 6.54 Å². The Hall–Kier alpha value is -1.68. The highest BCUT2D eigenvalue weighted by Crippen LogP contribution is 2.25. The van der Waals surface area contributed by atoms with E-state index in [9.17, 15) is 0 Å². The van der Waals surface area contributed by atoms with Crippen LogP contribution in [0.15, 0.2) is 46.9 Å². The van der Waals surface area contributed by atoms with Crippen molar-refractivity contribution in [1.29, 1.82) is 0 Å². The van der Waals surface area contributed by atoms with Crippen LogP contribution in [0.1, 0.15) is 6.92 Å². The normalized spacial score (nSPS) is 11.1. The molecule has 0 radical (unpaired) electrons. The van der Waals surface area contributed by atoms with Crippen LogP contribution in [-0.4, -0.2) is 9.55 Å². The van der Waals surface area contributed by atoms with Crippen LogP contribution in [0.5, 0.6) is 0 Å². The first kappa shape index (κ1) is 10.8. The van der Waals surface area contributed by atoms with Crippen molar-refractivity contribution in [1.82, 2.24) is 9.55 Å². The van der Waals surface area contributed by atoms with Crippen LogP contribution in [0.2, 0.25) is 5.02 Å². The van der Waals surface area contributed by atoms with Gasteiger partial charge in [-0.1, -0.05) is 23.7 Å². The molecule has 0 aliphatic carbocycles. The molecular weight excluding hydrogens is 224 g/mol. The first-order valence-corrected chi connectivity index (χ1v) is 5.36. The topological polar surface area (TPSA) is 42.5 Å². The van der Waals surface area contributed by atoms with Gasteiger partial charge in [-0.3, -0.25) is 0 Å². The van der Waals surface area contributed by atoms with E-state index in [4.69, 9.17) is 11.6 Å². The Labute approximate surface area is 98.6 Å². The molecule has 0 bridgehead atoms. The van der Waals surface area contributed by atoms with Crippen molar-refractivity contribution < 1.29 is 0 Å². The van der Waals surface area contributed by atoms with Gasteiger partial charge in [0.1, 0.15) is 5.69 Å². The predicted octanol–water partition coefficient (Wildman–Crippen LogP) is 3.97. The van der Waals surface area contributed by atoms with Gasteiger partial charge in [0.25, 0.3) is 0 Å². The summed E-state index contributed by atoms with van der Waals surface area (Å²) in [7, 11) is 0. The van der Waals surface area contributed by atoms with Gasteiger partial charge in [0.15, 0.2) is 0 Å². The average molecular weight is 235 g/mol. The van der Waals surface area contributed by atoms with E-state index in [1.165, 1.54) is 0 Å². The smallest absolute Gasteiger partial charge is 0.249 e. The van der Waals surface area contributed by atoms with Crippen LogP contribution < -0.4 is 0 Å². The minimum Gasteiger partial charge on any atom is -0.315 e. The molecule has 0 unspecified atom stereocenters. The van der Waals surface area contributed by atoms with E-state index in [-0.39, 0.29) is 0 Å². The Morgan fingerprint density at radius 2 is 2.12 bits per heavy atom. The van der Waals surface area contributed by atoms with Crippen LogP contribution in [0.3, 0.4) is 0 Å². The summed E-state index contributed by atoms with van der Waals surface area (Å²) in [6, 6.07) is 7.31. The van der Waals surface area contributed by atoms with Gasteiger partial charge in [-0.2, -0.15) is 0 Å². The third kappa shape index (κ3) is 2.28. The molecule has 0 amide bonds. The van der Waals surface area contributed by atoms with Gasteiger partial charge in [-0.05, 0) is 19.1 Å². The molecule has 0 saturated carbocycles. The number of azo groups is 1. The van der Waals surface area contributed by atoms with E-state index in [1.807, 2.05) is 35.9 Å². The van der Waals surface area contributed by atoms with Crippen molar-refractivity contribution in [3.63, 3.8) is 0 Å². The fourth-order valence-corrected chi connectivity index (χ4v) is 1.46. The highest BCUT2D eigenvalue weighted by atomic mass is 35.5. The minimum atomic E-state index is 0.584. The van der Waals surface area contributed by atoms with Crippen LogP contribution in [0, 0.1) is 0 Å². The Balaban J connectivity index is 2.25. The molecule has 1 heterocycles. The summed E-state index contributed by atoms with van der Waals surface area (Å²) in [5.74, 6) is 0.586. The molecule has 0 fully saturated rings. The zero-order valence-electron chi connectivity index (χ0n) is 8.84. The lowest BCUT2D eigenvalue weighted by molar-refractivity contribution is 0.758. The number of imidazole rings is 1. The summed E-state index contributed by atoms with van der Waals surface area (Å²) in [5, 5.41) is 8.71. The van der Waals surface area contributed by atoms with Crippen molar-refractivity contribution in [3.05, 3.63) is 41.7 Å². The summed E-state index contributed by atoms with van der Waals surface area (Å²) in [6.07, 6.45) is 3.56. The molecule has 0 aliphatic heterocycles. The second kappa shape index (κ2) is 4.90. The van der Waals surface area contributed by atoms with Gasteiger partial charge < -0.3 is 4.57 Å². The van der Waals surface area contributed by atoms with Crippen LogP contribution >= 0.6 is 11.6 Å². The van der Waals surface area contributed by atoms with E-state index in [0.717, 1.165) is 6.54 Å². The molecule has 2 rings (SSSR count). The van der Waals surface area contributed by atoms with Crippen molar-refractivity contribution in [2.24, 2.45) is 10.2 Å². The number of aryl methyl sites for hydroxylation is 1. The van der Waals surface area contributed by atoms with Crippen molar-refractivity contribution in [2.75, 3.05) is 0 Å². The second-order valence-electron chi connectivity index (χ2n) is 3.16. The first-order chi connectivity index (χ1) is 7.81. The van der Waals surface area contributed by atoms with Crippen LogP contribution in [0.4, 0.5) is 11.6 Å². The largest absolute Gasteiger partial charge is 0.315 e. The molecule has 0 aliphatic rings. The Morgan fingerprint density at radius 1 is 1.31 bits per heavy atom. The summed E-state index contributed by atoms with van der Waals surface area (Å²) >= 11 is 5.96. The van der Waals surface area contributed by atoms with E-state index < -0.39 is 0 Å². The molecule has 4 nitrogen and oxygen atoms in total. The van der Waals surface area contributed by atoms with Gasteiger partial charge in [-0.15, -0.1) is 10.2 Å². The third-order valence-corrected chi connectivity index (χ3v) is 2.45. The number of nitrogens with zero attached hydrogens (tertiary/aromatic N) is 4. The van der Waals surface area contributed by atoms with Gasteiger partial charge in [0.2, 0.25) is 5.95 Å². The molecular formula is C11H11ClN4.